The van der Waals surface area contributed by atoms with Gasteiger partial charge in [-0.05, 0) is 18.6 Å². The van der Waals surface area contributed by atoms with Crippen LogP contribution in [0.4, 0.5) is 17.6 Å². The van der Waals surface area contributed by atoms with Crippen molar-refractivity contribution in [2.24, 2.45) is 0 Å². The van der Waals surface area contributed by atoms with Gasteiger partial charge in [0.1, 0.15) is 0 Å². The highest BCUT2D eigenvalue weighted by Gasteiger charge is 2.17. The highest BCUT2D eigenvalue weighted by atomic mass is 19.2. The molecule has 0 radical (unpaired) electrons. The average molecular weight is 240 g/mol. The first-order valence-electron chi connectivity index (χ1n) is 4.91. The van der Waals surface area contributed by atoms with E-state index in [9.17, 15) is 17.6 Å². The van der Waals surface area contributed by atoms with Crippen molar-refractivity contribution in [3.8, 4) is 11.1 Å². The van der Waals surface area contributed by atoms with Crippen molar-refractivity contribution in [3.05, 3.63) is 59.2 Å². The maximum Gasteiger partial charge on any atom is 0.167 e. The van der Waals surface area contributed by atoms with Gasteiger partial charge in [0.2, 0.25) is 0 Å². The van der Waals surface area contributed by atoms with Crippen molar-refractivity contribution in [2.75, 3.05) is 0 Å². The van der Waals surface area contributed by atoms with Gasteiger partial charge in [-0.3, -0.25) is 0 Å². The summed E-state index contributed by atoms with van der Waals surface area (Å²) in [5.74, 6) is -4.50. The second kappa shape index (κ2) is 4.20. The molecule has 0 fully saturated rings. The summed E-state index contributed by atoms with van der Waals surface area (Å²) in [7, 11) is 0. The topological polar surface area (TPSA) is 0 Å². The Kier molecular flexibility index (Phi) is 2.88. The molecule has 0 bridgehead atoms. The van der Waals surface area contributed by atoms with Crippen LogP contribution in [0.3, 0.4) is 0 Å². The molecule has 2 aromatic carbocycles. The molecule has 0 aliphatic heterocycles. The fourth-order valence-electron chi connectivity index (χ4n) is 1.57. The Bertz CT molecular complexity index is 576. The van der Waals surface area contributed by atoms with Crippen LogP contribution in [0.15, 0.2) is 30.3 Å². The zero-order valence-corrected chi connectivity index (χ0v) is 8.90. The van der Waals surface area contributed by atoms with E-state index in [0.29, 0.717) is 0 Å². The van der Waals surface area contributed by atoms with Gasteiger partial charge < -0.3 is 0 Å². The molecule has 0 N–H and O–H groups in total. The predicted octanol–water partition coefficient (Wildman–Crippen LogP) is 4.22. The monoisotopic (exact) mass is 240 g/mol. The fourth-order valence-corrected chi connectivity index (χ4v) is 1.57. The maximum atomic E-state index is 13.6. The molecule has 0 saturated heterocycles. The first-order valence-corrected chi connectivity index (χ1v) is 4.91. The van der Waals surface area contributed by atoms with Gasteiger partial charge in [0.25, 0.3) is 0 Å². The van der Waals surface area contributed by atoms with E-state index in [-0.39, 0.29) is 16.7 Å². The molecule has 4 heteroatoms. The first-order chi connectivity index (χ1) is 8.02. The van der Waals surface area contributed by atoms with Gasteiger partial charge >= 0.3 is 0 Å². The molecule has 0 unspecified atom stereocenters. The molecule has 0 aliphatic rings. The van der Waals surface area contributed by atoms with Crippen molar-refractivity contribution in [3.63, 3.8) is 0 Å². The minimum atomic E-state index is -1.19. The summed E-state index contributed by atoms with van der Waals surface area (Å²) in [6, 6.07) is 5.90. The van der Waals surface area contributed by atoms with Crippen molar-refractivity contribution in [1.82, 2.24) is 0 Å². The zero-order valence-electron chi connectivity index (χ0n) is 8.90. The van der Waals surface area contributed by atoms with Gasteiger partial charge in [-0.15, -0.1) is 0 Å². The molecule has 0 nitrogen and oxygen atoms in total. The summed E-state index contributed by atoms with van der Waals surface area (Å²) in [5, 5.41) is 0. The van der Waals surface area contributed by atoms with E-state index < -0.39 is 23.3 Å². The average Bonchev–Trinajstić information content (AvgIpc) is 2.31. The molecule has 17 heavy (non-hydrogen) atoms. The van der Waals surface area contributed by atoms with E-state index in [4.69, 9.17) is 0 Å². The van der Waals surface area contributed by atoms with Gasteiger partial charge in [-0.25, -0.2) is 17.6 Å². The molecular formula is C13H8F4. The third-order valence-corrected chi connectivity index (χ3v) is 2.52. The number of hydrogen-bond acceptors (Lipinski definition) is 0. The van der Waals surface area contributed by atoms with E-state index in [2.05, 4.69) is 0 Å². The van der Waals surface area contributed by atoms with E-state index in [1.165, 1.54) is 31.2 Å². The molecular weight excluding hydrogens is 232 g/mol. The number of aryl methyl sites for hydroxylation is 1. The number of rotatable bonds is 1. The lowest BCUT2D eigenvalue weighted by molar-refractivity contribution is 0.498. The molecule has 0 heterocycles. The van der Waals surface area contributed by atoms with Crippen molar-refractivity contribution < 1.29 is 17.6 Å². The lowest BCUT2D eigenvalue weighted by Gasteiger charge is -2.07. The van der Waals surface area contributed by atoms with E-state index >= 15 is 0 Å². The van der Waals surface area contributed by atoms with Crippen LogP contribution in [0.2, 0.25) is 0 Å². The van der Waals surface area contributed by atoms with Gasteiger partial charge in [0.15, 0.2) is 23.3 Å². The second-order valence-electron chi connectivity index (χ2n) is 3.66. The van der Waals surface area contributed by atoms with Crippen molar-refractivity contribution in [1.29, 1.82) is 0 Å². The summed E-state index contributed by atoms with van der Waals surface area (Å²) >= 11 is 0. The van der Waals surface area contributed by atoms with Crippen LogP contribution >= 0.6 is 0 Å². The minimum absolute atomic E-state index is 0.114. The maximum absolute atomic E-state index is 13.6. The smallest absolute Gasteiger partial charge is 0.167 e. The lowest BCUT2D eigenvalue weighted by atomic mass is 10.0. The predicted molar refractivity (Wildman–Crippen MR) is 56.4 cm³/mol. The van der Waals surface area contributed by atoms with Gasteiger partial charge in [-0.1, -0.05) is 24.3 Å². The van der Waals surface area contributed by atoms with Crippen LogP contribution in [-0.4, -0.2) is 0 Å². The fraction of sp³-hybridized carbons (Fsp3) is 0.0769. The van der Waals surface area contributed by atoms with Crippen LogP contribution in [0, 0.1) is 30.2 Å². The van der Waals surface area contributed by atoms with Crippen LogP contribution in [0.5, 0.6) is 0 Å². The Morgan fingerprint density at radius 2 is 1.35 bits per heavy atom. The number of hydrogen-bond donors (Lipinski definition) is 0. The molecule has 0 amide bonds. The quantitative estimate of drug-likeness (QED) is 0.655. The van der Waals surface area contributed by atoms with E-state index in [1.54, 1.807) is 0 Å². The second-order valence-corrected chi connectivity index (χ2v) is 3.66. The van der Waals surface area contributed by atoms with Crippen LogP contribution in [0.25, 0.3) is 11.1 Å². The molecule has 0 atom stereocenters. The third kappa shape index (κ3) is 1.90. The van der Waals surface area contributed by atoms with Gasteiger partial charge in [0.05, 0.1) is 0 Å². The normalized spacial score (nSPS) is 10.6. The summed E-state index contributed by atoms with van der Waals surface area (Å²) in [4.78, 5) is 0. The molecule has 88 valence electrons. The highest BCUT2D eigenvalue weighted by Crippen LogP contribution is 2.29. The Hall–Kier alpha value is -1.84. The Morgan fingerprint density at radius 1 is 0.706 bits per heavy atom. The van der Waals surface area contributed by atoms with E-state index in [0.717, 1.165) is 6.07 Å². The summed E-state index contributed by atoms with van der Waals surface area (Å²) in [5.41, 5.74) is -0.463. The van der Waals surface area contributed by atoms with E-state index in [1.807, 2.05) is 0 Å². The number of benzene rings is 2. The molecule has 0 aromatic heterocycles. The Labute approximate surface area is 95.5 Å². The number of halogens is 4. The zero-order chi connectivity index (χ0) is 12.6. The summed E-state index contributed by atoms with van der Waals surface area (Å²) < 4.78 is 53.3. The lowest BCUT2D eigenvalue weighted by Crippen LogP contribution is -1.96. The molecule has 2 aromatic rings. The summed E-state index contributed by atoms with van der Waals surface area (Å²) in [6.45, 7) is 1.39. The molecule has 0 spiro atoms. The van der Waals surface area contributed by atoms with Crippen LogP contribution < -0.4 is 0 Å². The first kappa shape index (κ1) is 11.6. The van der Waals surface area contributed by atoms with Gasteiger partial charge in [-0.2, -0.15) is 0 Å². The SMILES string of the molecule is Cc1ccc(-c2cccc(F)c2F)c(F)c1F. The summed E-state index contributed by atoms with van der Waals surface area (Å²) in [6.07, 6.45) is 0. The molecule has 0 aliphatic carbocycles. The van der Waals surface area contributed by atoms with Crippen molar-refractivity contribution in [2.45, 2.75) is 6.92 Å². The Balaban J connectivity index is 2.69. The van der Waals surface area contributed by atoms with Gasteiger partial charge in [0, 0.05) is 11.1 Å². The Morgan fingerprint density at radius 3 is 2.06 bits per heavy atom. The molecule has 2 rings (SSSR count). The largest absolute Gasteiger partial charge is 0.204 e. The van der Waals surface area contributed by atoms with Crippen molar-refractivity contribution >= 4 is 0 Å². The third-order valence-electron chi connectivity index (χ3n) is 2.52. The molecule has 0 saturated carbocycles. The van der Waals surface area contributed by atoms with Crippen LogP contribution in [-0.2, 0) is 0 Å². The minimum Gasteiger partial charge on any atom is -0.204 e. The van der Waals surface area contributed by atoms with Crippen LogP contribution in [0.1, 0.15) is 5.56 Å². The highest BCUT2D eigenvalue weighted by molar-refractivity contribution is 5.65. The standard InChI is InChI=1S/C13H8F4/c1-7-5-6-9(13(17)11(7)15)8-3-2-4-10(14)12(8)16/h2-6H,1H3.